The van der Waals surface area contributed by atoms with E-state index in [2.05, 4.69) is 32.2 Å². The Morgan fingerprint density at radius 3 is 2.80 bits per heavy atom. The number of benzene rings is 1. The van der Waals surface area contributed by atoms with Gasteiger partial charge in [0, 0.05) is 5.69 Å². The lowest BCUT2D eigenvalue weighted by Gasteiger charge is -2.29. The molecule has 1 aliphatic heterocycles. The van der Waals surface area contributed by atoms with E-state index in [1.165, 1.54) is 29.7 Å². The number of quaternary nitrogens is 1. The largest absolute Gasteiger partial charge is 0.325 e. The molecule has 0 radical (unpaired) electrons. The van der Waals surface area contributed by atoms with E-state index in [0.717, 1.165) is 12.2 Å². The zero-order valence-corrected chi connectivity index (χ0v) is 12.9. The molecule has 1 aromatic carbocycles. The van der Waals surface area contributed by atoms with E-state index in [0.29, 0.717) is 18.5 Å². The van der Waals surface area contributed by atoms with Crippen molar-refractivity contribution in [2.24, 2.45) is 0 Å². The number of para-hydroxylation sites is 1. The number of piperidine rings is 1. The van der Waals surface area contributed by atoms with Crippen molar-refractivity contribution >= 4 is 11.6 Å². The average Bonchev–Trinajstić information content (AvgIpc) is 2.41. The van der Waals surface area contributed by atoms with Gasteiger partial charge in [-0.2, -0.15) is 0 Å². The molecule has 1 amide bonds. The van der Waals surface area contributed by atoms with Gasteiger partial charge in [0.15, 0.2) is 6.54 Å². The van der Waals surface area contributed by atoms with Crippen molar-refractivity contribution < 1.29 is 9.69 Å². The molecule has 1 fully saturated rings. The maximum absolute atomic E-state index is 12.3. The number of hydrogen-bond acceptors (Lipinski definition) is 1. The second-order valence-electron chi connectivity index (χ2n) is 6.27. The Morgan fingerprint density at radius 1 is 1.35 bits per heavy atom. The molecular formula is C17H27N2O+. The summed E-state index contributed by atoms with van der Waals surface area (Å²) in [6.45, 7) is 8.28. The molecule has 3 heteroatoms. The van der Waals surface area contributed by atoms with E-state index < -0.39 is 0 Å². The highest BCUT2D eigenvalue weighted by Gasteiger charge is 2.24. The number of rotatable bonds is 4. The van der Waals surface area contributed by atoms with Crippen LogP contribution in [0.2, 0.25) is 0 Å². The van der Waals surface area contributed by atoms with Gasteiger partial charge in [-0.05, 0) is 43.7 Å². The topological polar surface area (TPSA) is 33.5 Å². The molecule has 1 unspecified atom stereocenters. The van der Waals surface area contributed by atoms with Gasteiger partial charge in [0.1, 0.15) is 0 Å². The van der Waals surface area contributed by atoms with Gasteiger partial charge in [-0.25, -0.2) is 0 Å². The van der Waals surface area contributed by atoms with Gasteiger partial charge in [-0.3, -0.25) is 4.79 Å². The summed E-state index contributed by atoms with van der Waals surface area (Å²) in [5.74, 6) is 0.564. The Balaban J connectivity index is 1.97. The van der Waals surface area contributed by atoms with E-state index in [4.69, 9.17) is 0 Å². The van der Waals surface area contributed by atoms with Crippen LogP contribution < -0.4 is 10.2 Å². The fourth-order valence-corrected chi connectivity index (χ4v) is 3.03. The number of amides is 1. The predicted molar refractivity (Wildman–Crippen MR) is 83.2 cm³/mol. The molecular weight excluding hydrogens is 248 g/mol. The summed E-state index contributed by atoms with van der Waals surface area (Å²) in [4.78, 5) is 13.7. The van der Waals surface area contributed by atoms with Crippen LogP contribution >= 0.6 is 0 Å². The highest BCUT2D eigenvalue weighted by atomic mass is 16.2. The summed E-state index contributed by atoms with van der Waals surface area (Å²) in [7, 11) is 0. The van der Waals surface area contributed by atoms with Crippen molar-refractivity contribution in [2.75, 3.05) is 18.4 Å². The van der Waals surface area contributed by atoms with Crippen molar-refractivity contribution in [3.05, 3.63) is 29.8 Å². The van der Waals surface area contributed by atoms with Crippen LogP contribution in [-0.2, 0) is 4.79 Å². The van der Waals surface area contributed by atoms with Gasteiger partial charge in [-0.1, -0.05) is 32.0 Å². The van der Waals surface area contributed by atoms with Gasteiger partial charge in [0.2, 0.25) is 0 Å². The predicted octanol–water partition coefficient (Wildman–Crippen LogP) is 2.21. The van der Waals surface area contributed by atoms with E-state index in [1.54, 1.807) is 0 Å². The minimum absolute atomic E-state index is 0.141. The third-order valence-corrected chi connectivity index (χ3v) is 4.33. The summed E-state index contributed by atoms with van der Waals surface area (Å²) in [6.07, 6.45) is 3.79. The van der Waals surface area contributed by atoms with E-state index in [1.807, 2.05) is 18.2 Å². The number of carbonyl (C=O) groups is 1. The highest BCUT2D eigenvalue weighted by Crippen LogP contribution is 2.23. The summed E-state index contributed by atoms with van der Waals surface area (Å²) in [6, 6.07) is 8.72. The minimum atomic E-state index is 0.141. The highest BCUT2D eigenvalue weighted by molar-refractivity contribution is 5.92. The summed E-state index contributed by atoms with van der Waals surface area (Å²) in [5.41, 5.74) is 2.18. The molecule has 2 rings (SSSR count). The Hall–Kier alpha value is -1.35. The molecule has 110 valence electrons. The Labute approximate surface area is 122 Å². The first kappa shape index (κ1) is 15.0. The second-order valence-corrected chi connectivity index (χ2v) is 6.27. The molecule has 1 aromatic rings. The summed E-state index contributed by atoms with van der Waals surface area (Å²) >= 11 is 0. The lowest BCUT2D eigenvalue weighted by molar-refractivity contribution is -0.920. The van der Waals surface area contributed by atoms with E-state index in [-0.39, 0.29) is 5.91 Å². The van der Waals surface area contributed by atoms with Gasteiger partial charge < -0.3 is 10.2 Å². The van der Waals surface area contributed by atoms with Crippen molar-refractivity contribution in [1.82, 2.24) is 0 Å². The first-order valence-electron chi connectivity index (χ1n) is 7.81. The van der Waals surface area contributed by atoms with Gasteiger partial charge in [-0.15, -0.1) is 0 Å². The zero-order valence-electron chi connectivity index (χ0n) is 12.9. The number of likely N-dealkylation sites (tertiary alicyclic amines) is 1. The normalized spacial score (nSPS) is 22.8. The van der Waals surface area contributed by atoms with Crippen molar-refractivity contribution in [1.29, 1.82) is 0 Å². The monoisotopic (exact) mass is 275 g/mol. The number of carbonyl (C=O) groups excluding carboxylic acids is 1. The van der Waals surface area contributed by atoms with Crippen LogP contribution in [0.3, 0.4) is 0 Å². The summed E-state index contributed by atoms with van der Waals surface area (Å²) < 4.78 is 0. The SMILES string of the molecule is CC(C)c1ccccc1NC(=O)C[NH+]1CCCC[C@H]1C. The quantitative estimate of drug-likeness (QED) is 0.868. The first-order chi connectivity index (χ1) is 9.58. The van der Waals surface area contributed by atoms with Crippen LogP contribution in [0.1, 0.15) is 51.5 Å². The van der Waals surface area contributed by atoms with Crippen molar-refractivity contribution in [3.8, 4) is 0 Å². The molecule has 1 heterocycles. The molecule has 0 bridgehead atoms. The van der Waals surface area contributed by atoms with E-state index >= 15 is 0 Å². The van der Waals surface area contributed by atoms with Crippen LogP contribution in [0.25, 0.3) is 0 Å². The lowest BCUT2D eigenvalue weighted by Crippen LogP contribution is -3.17. The molecule has 2 atom stereocenters. The molecule has 1 aliphatic rings. The zero-order chi connectivity index (χ0) is 14.5. The van der Waals surface area contributed by atoms with Gasteiger partial charge in [0.05, 0.1) is 12.6 Å². The van der Waals surface area contributed by atoms with Crippen molar-refractivity contribution in [2.45, 2.75) is 52.0 Å². The Kier molecular flexibility index (Phi) is 5.18. The number of anilines is 1. The van der Waals surface area contributed by atoms with E-state index in [9.17, 15) is 4.79 Å². The minimum Gasteiger partial charge on any atom is -0.325 e. The van der Waals surface area contributed by atoms with Crippen LogP contribution in [0.5, 0.6) is 0 Å². The maximum atomic E-state index is 12.3. The van der Waals surface area contributed by atoms with Crippen molar-refractivity contribution in [3.63, 3.8) is 0 Å². The molecule has 20 heavy (non-hydrogen) atoms. The molecule has 3 nitrogen and oxygen atoms in total. The molecule has 2 N–H and O–H groups in total. The Bertz CT molecular complexity index is 456. The first-order valence-corrected chi connectivity index (χ1v) is 7.81. The lowest BCUT2D eigenvalue weighted by atomic mass is 10.0. The molecule has 1 saturated heterocycles. The fourth-order valence-electron chi connectivity index (χ4n) is 3.03. The van der Waals surface area contributed by atoms with Crippen LogP contribution in [0, 0.1) is 0 Å². The smallest absolute Gasteiger partial charge is 0.279 e. The van der Waals surface area contributed by atoms with Gasteiger partial charge >= 0.3 is 0 Å². The van der Waals surface area contributed by atoms with Crippen LogP contribution in [0.4, 0.5) is 5.69 Å². The Morgan fingerprint density at radius 2 is 2.10 bits per heavy atom. The van der Waals surface area contributed by atoms with Crippen LogP contribution in [-0.4, -0.2) is 25.0 Å². The third kappa shape index (κ3) is 3.83. The fraction of sp³-hybridized carbons (Fsp3) is 0.588. The van der Waals surface area contributed by atoms with Crippen LogP contribution in [0.15, 0.2) is 24.3 Å². The maximum Gasteiger partial charge on any atom is 0.279 e. The number of hydrogen-bond donors (Lipinski definition) is 2. The second kappa shape index (κ2) is 6.89. The molecule has 0 aliphatic carbocycles. The van der Waals surface area contributed by atoms with Gasteiger partial charge in [0.25, 0.3) is 5.91 Å². The molecule has 0 aromatic heterocycles. The third-order valence-electron chi connectivity index (χ3n) is 4.33. The number of nitrogens with one attached hydrogen (secondary N) is 2. The summed E-state index contributed by atoms with van der Waals surface area (Å²) in [5, 5.41) is 3.10. The molecule has 0 saturated carbocycles. The average molecular weight is 275 g/mol. The molecule has 0 spiro atoms. The standard InChI is InChI=1S/C17H26N2O/c1-13(2)15-9-4-5-10-16(15)18-17(20)12-19-11-7-6-8-14(19)3/h4-5,9-10,13-14H,6-8,11-12H2,1-3H3,(H,18,20)/p+1/t14-/m1/s1.